The number of rotatable bonds is 8. The molecule has 4 aliphatic rings. The van der Waals surface area contributed by atoms with Crippen LogP contribution in [0, 0.1) is 31.1 Å². The second kappa shape index (κ2) is 11.6. The molecule has 0 aromatic heterocycles. The number of amides is 2. The second-order valence-electron chi connectivity index (χ2n) is 9.48. The maximum atomic E-state index is 12.3. The van der Waals surface area contributed by atoms with E-state index in [9.17, 15) is 29.8 Å². The molecular formula is C21H32N10O6. The van der Waals surface area contributed by atoms with Gasteiger partial charge in [0.05, 0.1) is 34.1 Å². The third kappa shape index (κ3) is 6.02. The maximum Gasteiger partial charge on any atom is 0.255 e. The minimum Gasteiger partial charge on any atom is -0.315 e. The van der Waals surface area contributed by atoms with Gasteiger partial charge in [-0.25, -0.2) is 30.2 Å². The van der Waals surface area contributed by atoms with Crippen molar-refractivity contribution in [1.29, 1.82) is 0 Å². The van der Waals surface area contributed by atoms with Crippen molar-refractivity contribution in [2.24, 2.45) is 31.2 Å². The molecule has 16 heteroatoms. The molecule has 16 nitrogen and oxygen atoms in total. The Bertz CT molecular complexity index is 1060. The predicted molar refractivity (Wildman–Crippen MR) is 134 cm³/mol. The molecule has 4 heterocycles. The van der Waals surface area contributed by atoms with Crippen molar-refractivity contribution in [3.05, 3.63) is 20.2 Å². The molecule has 0 spiro atoms. The SMILES string of the molecule is CN1CCC2=NN(C)C(=O)C2(CC/C=N\[N+](=O)[O-])C1.CN1N=C2CCNCC2(CC/C=N\[N+](=O)[O-])C1=O. The second-order valence-corrected chi connectivity index (χ2v) is 9.48. The summed E-state index contributed by atoms with van der Waals surface area (Å²) in [7, 11) is 5.26. The van der Waals surface area contributed by atoms with Gasteiger partial charge in [-0.3, -0.25) is 9.59 Å². The van der Waals surface area contributed by atoms with Gasteiger partial charge in [0.25, 0.3) is 11.8 Å². The summed E-state index contributed by atoms with van der Waals surface area (Å²) in [5.74, 6) is -0.0669. The average molecular weight is 521 g/mol. The summed E-state index contributed by atoms with van der Waals surface area (Å²) in [6.45, 7) is 2.85. The van der Waals surface area contributed by atoms with E-state index in [2.05, 4.69) is 30.6 Å². The zero-order chi connectivity index (χ0) is 27.2. The highest BCUT2D eigenvalue weighted by molar-refractivity contribution is 6.13. The van der Waals surface area contributed by atoms with E-state index in [0.717, 1.165) is 37.4 Å². The molecule has 202 valence electrons. The van der Waals surface area contributed by atoms with Gasteiger partial charge in [-0.15, -0.1) is 0 Å². The van der Waals surface area contributed by atoms with Crippen LogP contribution in [0.25, 0.3) is 0 Å². The normalized spacial score (nSPS) is 27.6. The first-order valence-corrected chi connectivity index (χ1v) is 12.0. The summed E-state index contributed by atoms with van der Waals surface area (Å²) >= 11 is 0. The van der Waals surface area contributed by atoms with E-state index < -0.39 is 20.9 Å². The molecule has 0 aliphatic carbocycles. The van der Waals surface area contributed by atoms with Crippen LogP contribution in [0.15, 0.2) is 20.4 Å². The summed E-state index contributed by atoms with van der Waals surface area (Å²) in [5, 5.41) is 39.5. The predicted octanol–water partition coefficient (Wildman–Crippen LogP) is 0.0158. The quantitative estimate of drug-likeness (QED) is 0.263. The van der Waals surface area contributed by atoms with Crippen molar-refractivity contribution < 1.29 is 19.7 Å². The molecule has 0 bridgehead atoms. The molecule has 4 rings (SSSR count). The molecule has 1 N–H and O–H groups in total. The number of piperidine rings is 2. The van der Waals surface area contributed by atoms with E-state index in [1.165, 1.54) is 22.4 Å². The standard InChI is InChI=1S/C11H17N5O3.C10H15N5O3/c1-14-7-4-9-11(8-14,10(17)15(2)13-9)5-3-6-12-16(18)19;1-14-9(16)10(4-2-5-12-15(17)18)7-11-6-3-8(10)13-14/h6H,3-5,7-8H2,1-2H3;5,11H,2-4,6-7H2,1H3/b12-6-;12-5-. The average Bonchev–Trinajstić information content (AvgIpc) is 3.24. The first-order chi connectivity index (χ1) is 17.5. The number of nitrogens with zero attached hydrogens (tertiary/aromatic N) is 9. The van der Waals surface area contributed by atoms with E-state index in [-0.39, 0.29) is 11.8 Å². The fourth-order valence-corrected chi connectivity index (χ4v) is 5.31. The highest BCUT2D eigenvalue weighted by atomic mass is 16.7. The van der Waals surface area contributed by atoms with Crippen molar-refractivity contribution in [2.75, 3.05) is 47.3 Å². The molecule has 0 aromatic carbocycles. The van der Waals surface area contributed by atoms with Gasteiger partial charge in [0.15, 0.2) is 10.1 Å². The van der Waals surface area contributed by atoms with Gasteiger partial charge in [0.1, 0.15) is 10.8 Å². The zero-order valence-electron chi connectivity index (χ0n) is 21.2. The highest BCUT2D eigenvalue weighted by Gasteiger charge is 2.52. The monoisotopic (exact) mass is 520 g/mol. The first-order valence-electron chi connectivity index (χ1n) is 12.0. The molecule has 2 atom stereocenters. The molecule has 0 saturated carbocycles. The molecule has 0 radical (unpaired) electrons. The van der Waals surface area contributed by atoms with Crippen LogP contribution < -0.4 is 5.32 Å². The Balaban J connectivity index is 0.000000206. The zero-order valence-corrected chi connectivity index (χ0v) is 21.2. The number of fused-ring (bicyclic) bond motifs is 2. The number of nitrogens with one attached hydrogen (secondary N) is 1. The van der Waals surface area contributed by atoms with Gasteiger partial charge in [0.2, 0.25) is 0 Å². The summed E-state index contributed by atoms with van der Waals surface area (Å²) < 4.78 is 0. The fourth-order valence-electron chi connectivity index (χ4n) is 5.31. The Morgan fingerprint density at radius 3 is 2.00 bits per heavy atom. The van der Waals surface area contributed by atoms with E-state index in [4.69, 9.17) is 0 Å². The van der Waals surface area contributed by atoms with Gasteiger partial charge < -0.3 is 10.2 Å². The van der Waals surface area contributed by atoms with Crippen molar-refractivity contribution in [3.8, 4) is 0 Å². The largest absolute Gasteiger partial charge is 0.315 e. The number of carbonyl (C=O) groups is 2. The topological polar surface area (TPSA) is 192 Å². The Labute approximate surface area is 213 Å². The lowest BCUT2D eigenvalue weighted by Gasteiger charge is -2.37. The molecule has 4 aliphatic heterocycles. The third-order valence-electron chi connectivity index (χ3n) is 7.04. The van der Waals surface area contributed by atoms with Gasteiger partial charge >= 0.3 is 0 Å². The van der Waals surface area contributed by atoms with Gasteiger partial charge in [0, 0.05) is 53.1 Å². The van der Waals surface area contributed by atoms with Gasteiger partial charge in [-0.05, 0) is 32.7 Å². The minimum absolute atomic E-state index is 0.0245. The molecule has 2 amide bonds. The van der Waals surface area contributed by atoms with E-state index in [0.29, 0.717) is 38.8 Å². The first kappa shape index (κ1) is 27.9. The van der Waals surface area contributed by atoms with Gasteiger partial charge in [-0.2, -0.15) is 10.2 Å². The van der Waals surface area contributed by atoms with Crippen LogP contribution in [-0.4, -0.2) is 108 Å². The number of carbonyl (C=O) groups excluding carboxylic acids is 2. The number of likely N-dealkylation sites (tertiary alicyclic amines) is 1. The van der Waals surface area contributed by atoms with Crippen LogP contribution in [0.4, 0.5) is 0 Å². The van der Waals surface area contributed by atoms with Crippen molar-refractivity contribution in [1.82, 2.24) is 20.2 Å². The van der Waals surface area contributed by atoms with Crippen LogP contribution in [0.1, 0.15) is 38.5 Å². The maximum absolute atomic E-state index is 12.3. The fraction of sp³-hybridized carbons (Fsp3) is 0.714. The molecule has 2 unspecified atom stereocenters. The smallest absolute Gasteiger partial charge is 0.255 e. The summed E-state index contributed by atoms with van der Waals surface area (Å²) in [6, 6.07) is 0. The molecule has 37 heavy (non-hydrogen) atoms. The molecule has 0 aromatic rings. The van der Waals surface area contributed by atoms with Crippen LogP contribution in [0.5, 0.6) is 0 Å². The van der Waals surface area contributed by atoms with Crippen LogP contribution in [0.2, 0.25) is 0 Å². The van der Waals surface area contributed by atoms with Crippen molar-refractivity contribution >= 4 is 35.7 Å². The van der Waals surface area contributed by atoms with Crippen LogP contribution >= 0.6 is 0 Å². The summed E-state index contributed by atoms with van der Waals surface area (Å²) in [6.07, 6.45) is 5.80. The highest BCUT2D eigenvalue weighted by Crippen LogP contribution is 2.38. The Morgan fingerprint density at radius 2 is 1.43 bits per heavy atom. The third-order valence-corrected chi connectivity index (χ3v) is 7.04. The van der Waals surface area contributed by atoms with E-state index in [1.54, 1.807) is 14.1 Å². The lowest BCUT2D eigenvalue weighted by atomic mass is 9.74. The Kier molecular flexibility index (Phi) is 8.75. The van der Waals surface area contributed by atoms with Crippen molar-refractivity contribution in [3.63, 3.8) is 0 Å². The Hall–Kier alpha value is -3.66. The molecular weight excluding hydrogens is 488 g/mol. The summed E-state index contributed by atoms with van der Waals surface area (Å²) in [5.41, 5.74) is 0.524. The molecule has 2 fully saturated rings. The Morgan fingerprint density at radius 1 is 0.919 bits per heavy atom. The van der Waals surface area contributed by atoms with Crippen LogP contribution in [-0.2, 0) is 9.59 Å². The van der Waals surface area contributed by atoms with Crippen molar-refractivity contribution in [2.45, 2.75) is 38.5 Å². The van der Waals surface area contributed by atoms with Gasteiger partial charge in [-0.1, -0.05) is 0 Å². The minimum atomic E-state index is -0.742. The number of hydrogen-bond donors (Lipinski definition) is 1. The van der Waals surface area contributed by atoms with E-state index >= 15 is 0 Å². The lowest BCUT2D eigenvalue weighted by Crippen LogP contribution is -2.51. The summed E-state index contributed by atoms with van der Waals surface area (Å²) in [4.78, 5) is 46.9. The molecule has 2 saturated heterocycles. The van der Waals surface area contributed by atoms with Crippen LogP contribution in [0.3, 0.4) is 0 Å². The number of nitro groups is 2. The van der Waals surface area contributed by atoms with E-state index in [1.807, 2.05) is 7.05 Å². The number of hydrogen-bond acceptors (Lipinski definition) is 10. The number of hydrazone groups is 4. The lowest BCUT2D eigenvalue weighted by molar-refractivity contribution is -0.484.